The van der Waals surface area contributed by atoms with Crippen molar-refractivity contribution in [3.05, 3.63) is 29.8 Å². The average molecular weight is 317 g/mol. The van der Waals surface area contributed by atoms with Gasteiger partial charge in [0.05, 0.1) is 18.6 Å². The number of hydrogen-bond donors (Lipinski definition) is 1. The van der Waals surface area contributed by atoms with Crippen molar-refractivity contribution in [3.63, 3.8) is 0 Å². The van der Waals surface area contributed by atoms with E-state index in [1.165, 1.54) is 0 Å². The number of ether oxygens (including phenoxy) is 1. The second-order valence-corrected chi connectivity index (χ2v) is 6.59. The van der Waals surface area contributed by atoms with Gasteiger partial charge in [-0.05, 0) is 37.0 Å². The standard InChI is InChI=1S/C18H23NO4/c1-23-15-4-2-13(3-5-15)12-19-11-8-16(17(19)21)18(22)9-6-14(20)7-10-18/h2-5,16,22H,6-12H2,1H3. The number of ketones is 1. The summed E-state index contributed by atoms with van der Waals surface area (Å²) in [6, 6.07) is 7.67. The second kappa shape index (κ2) is 6.32. The maximum Gasteiger partial charge on any atom is 0.228 e. The van der Waals surface area contributed by atoms with Gasteiger partial charge in [-0.15, -0.1) is 0 Å². The summed E-state index contributed by atoms with van der Waals surface area (Å²) in [5, 5.41) is 10.8. The molecular formula is C18H23NO4. The van der Waals surface area contributed by atoms with Crippen molar-refractivity contribution in [2.45, 2.75) is 44.2 Å². The molecule has 1 saturated heterocycles. The maximum atomic E-state index is 12.7. The smallest absolute Gasteiger partial charge is 0.228 e. The normalized spacial score (nSPS) is 24.1. The first-order valence-corrected chi connectivity index (χ1v) is 8.18. The predicted octanol–water partition coefficient (Wildman–Crippen LogP) is 1.92. The fraction of sp³-hybridized carbons (Fsp3) is 0.556. The lowest BCUT2D eigenvalue weighted by atomic mass is 9.74. The van der Waals surface area contributed by atoms with E-state index < -0.39 is 5.60 Å². The highest BCUT2D eigenvalue weighted by Gasteiger charge is 2.47. The number of aliphatic hydroxyl groups is 1. The van der Waals surface area contributed by atoms with Crippen LogP contribution in [-0.4, -0.2) is 41.0 Å². The van der Waals surface area contributed by atoms with Crippen LogP contribution < -0.4 is 4.74 Å². The number of carbonyl (C=O) groups is 2. The van der Waals surface area contributed by atoms with E-state index in [9.17, 15) is 14.7 Å². The van der Waals surface area contributed by atoms with E-state index in [-0.39, 0.29) is 17.6 Å². The van der Waals surface area contributed by atoms with Gasteiger partial charge in [0, 0.05) is 25.9 Å². The molecule has 2 aliphatic rings. The topological polar surface area (TPSA) is 66.8 Å². The van der Waals surface area contributed by atoms with Crippen LogP contribution in [0.3, 0.4) is 0 Å². The molecule has 3 rings (SSSR count). The zero-order valence-electron chi connectivity index (χ0n) is 13.5. The first-order chi connectivity index (χ1) is 11.0. The van der Waals surface area contributed by atoms with Crippen molar-refractivity contribution in [2.75, 3.05) is 13.7 Å². The third-order valence-corrected chi connectivity index (χ3v) is 5.15. The quantitative estimate of drug-likeness (QED) is 0.921. The lowest BCUT2D eigenvalue weighted by Gasteiger charge is -2.35. The van der Waals surface area contributed by atoms with Gasteiger partial charge in [0.15, 0.2) is 0 Å². The molecular weight excluding hydrogens is 294 g/mol. The van der Waals surface area contributed by atoms with E-state index in [1.807, 2.05) is 24.3 Å². The number of carbonyl (C=O) groups excluding carboxylic acids is 2. The molecule has 1 N–H and O–H groups in total. The Hall–Kier alpha value is -1.88. The lowest BCUT2D eigenvalue weighted by molar-refractivity contribution is -0.145. The molecule has 0 spiro atoms. The third-order valence-electron chi connectivity index (χ3n) is 5.15. The highest BCUT2D eigenvalue weighted by atomic mass is 16.5. The Morgan fingerprint density at radius 3 is 2.48 bits per heavy atom. The first kappa shape index (κ1) is 16.0. The minimum absolute atomic E-state index is 0.0117. The Balaban J connectivity index is 1.65. The molecule has 1 aliphatic heterocycles. The van der Waals surface area contributed by atoms with Crippen LogP contribution in [0.15, 0.2) is 24.3 Å². The van der Waals surface area contributed by atoms with Crippen LogP contribution in [-0.2, 0) is 16.1 Å². The molecule has 1 saturated carbocycles. The molecule has 5 heteroatoms. The van der Waals surface area contributed by atoms with E-state index in [4.69, 9.17) is 4.74 Å². The molecule has 1 amide bonds. The van der Waals surface area contributed by atoms with E-state index in [0.717, 1.165) is 11.3 Å². The van der Waals surface area contributed by atoms with E-state index in [1.54, 1.807) is 12.0 Å². The maximum absolute atomic E-state index is 12.7. The molecule has 124 valence electrons. The van der Waals surface area contributed by atoms with Gasteiger partial charge in [0.2, 0.25) is 5.91 Å². The van der Waals surface area contributed by atoms with Crippen LogP contribution in [0.1, 0.15) is 37.7 Å². The molecule has 1 aromatic carbocycles. The van der Waals surface area contributed by atoms with E-state index in [0.29, 0.717) is 45.2 Å². The molecule has 23 heavy (non-hydrogen) atoms. The number of likely N-dealkylation sites (tertiary alicyclic amines) is 1. The monoisotopic (exact) mass is 317 g/mol. The fourth-order valence-electron chi connectivity index (χ4n) is 3.66. The zero-order chi connectivity index (χ0) is 16.4. The third kappa shape index (κ3) is 3.24. The van der Waals surface area contributed by atoms with Gasteiger partial charge in [-0.3, -0.25) is 9.59 Å². The van der Waals surface area contributed by atoms with E-state index >= 15 is 0 Å². The molecule has 1 aliphatic carbocycles. The number of hydrogen-bond acceptors (Lipinski definition) is 4. The summed E-state index contributed by atoms with van der Waals surface area (Å²) in [6.45, 7) is 1.21. The van der Waals surface area contributed by atoms with Gasteiger partial charge in [0.1, 0.15) is 11.5 Å². The molecule has 2 fully saturated rings. The number of amides is 1. The van der Waals surface area contributed by atoms with Crippen LogP contribution in [0.2, 0.25) is 0 Å². The lowest BCUT2D eigenvalue weighted by Crippen LogP contribution is -2.45. The Morgan fingerprint density at radius 1 is 1.22 bits per heavy atom. The highest BCUT2D eigenvalue weighted by molar-refractivity contribution is 5.84. The Morgan fingerprint density at radius 2 is 1.87 bits per heavy atom. The van der Waals surface area contributed by atoms with Crippen LogP contribution in [0, 0.1) is 5.92 Å². The highest BCUT2D eigenvalue weighted by Crippen LogP contribution is 2.39. The Kier molecular flexibility index (Phi) is 4.39. The van der Waals surface area contributed by atoms with Crippen molar-refractivity contribution in [1.29, 1.82) is 0 Å². The molecule has 1 unspecified atom stereocenters. The van der Waals surface area contributed by atoms with Gasteiger partial charge >= 0.3 is 0 Å². The molecule has 0 aromatic heterocycles. The van der Waals surface area contributed by atoms with Crippen LogP contribution in [0.4, 0.5) is 0 Å². The summed E-state index contributed by atoms with van der Waals surface area (Å²) in [7, 11) is 1.62. The summed E-state index contributed by atoms with van der Waals surface area (Å²) in [5.41, 5.74) is 0.0465. The average Bonchev–Trinajstić information content (AvgIpc) is 2.93. The van der Waals surface area contributed by atoms with Gasteiger partial charge in [0.25, 0.3) is 0 Å². The SMILES string of the molecule is COc1ccc(CN2CCC(C3(O)CCC(=O)CC3)C2=O)cc1. The molecule has 0 radical (unpaired) electrons. The summed E-state index contributed by atoms with van der Waals surface area (Å²) >= 11 is 0. The van der Waals surface area contributed by atoms with Crippen molar-refractivity contribution < 1.29 is 19.4 Å². The molecule has 1 atom stereocenters. The van der Waals surface area contributed by atoms with Gasteiger partial charge in [-0.25, -0.2) is 0 Å². The van der Waals surface area contributed by atoms with Crippen LogP contribution >= 0.6 is 0 Å². The Bertz CT molecular complexity index is 586. The largest absolute Gasteiger partial charge is 0.497 e. The number of methoxy groups -OCH3 is 1. The molecule has 0 bridgehead atoms. The summed E-state index contributed by atoms with van der Waals surface area (Å²) in [4.78, 5) is 25.9. The van der Waals surface area contributed by atoms with Crippen molar-refractivity contribution in [2.24, 2.45) is 5.92 Å². The van der Waals surface area contributed by atoms with Gasteiger partial charge in [-0.2, -0.15) is 0 Å². The molecule has 1 heterocycles. The fourth-order valence-corrected chi connectivity index (χ4v) is 3.66. The predicted molar refractivity (Wildman–Crippen MR) is 84.9 cm³/mol. The van der Waals surface area contributed by atoms with Crippen LogP contribution in [0.5, 0.6) is 5.75 Å². The number of nitrogens with zero attached hydrogens (tertiary/aromatic N) is 1. The van der Waals surface area contributed by atoms with Crippen molar-refractivity contribution in [1.82, 2.24) is 4.90 Å². The zero-order valence-corrected chi connectivity index (χ0v) is 13.5. The van der Waals surface area contributed by atoms with Crippen molar-refractivity contribution in [3.8, 4) is 5.75 Å². The minimum atomic E-state index is -1.00. The number of rotatable bonds is 4. The van der Waals surface area contributed by atoms with Gasteiger partial charge in [-0.1, -0.05) is 12.1 Å². The Labute approximate surface area is 136 Å². The van der Waals surface area contributed by atoms with Gasteiger partial charge < -0.3 is 14.7 Å². The van der Waals surface area contributed by atoms with E-state index in [2.05, 4.69) is 0 Å². The first-order valence-electron chi connectivity index (χ1n) is 8.18. The number of Topliss-reactive ketones (excluding diaryl/α,β-unsaturated/α-hetero) is 1. The molecule has 1 aromatic rings. The summed E-state index contributed by atoms with van der Waals surface area (Å²) < 4.78 is 5.14. The number of benzene rings is 1. The summed E-state index contributed by atoms with van der Waals surface area (Å²) in [6.07, 6.45) is 2.27. The van der Waals surface area contributed by atoms with Crippen molar-refractivity contribution >= 4 is 11.7 Å². The minimum Gasteiger partial charge on any atom is -0.497 e. The second-order valence-electron chi connectivity index (χ2n) is 6.59. The summed E-state index contributed by atoms with van der Waals surface area (Å²) in [5.74, 6) is 0.627. The molecule has 5 nitrogen and oxygen atoms in total. The van der Waals surface area contributed by atoms with Crippen LogP contribution in [0.25, 0.3) is 0 Å².